The lowest BCUT2D eigenvalue weighted by Crippen LogP contribution is -2.25. The molecule has 0 bridgehead atoms. The lowest BCUT2D eigenvalue weighted by molar-refractivity contribution is -0.147. The Kier molecular flexibility index (Phi) is 4.42. The van der Waals surface area contributed by atoms with Crippen LogP contribution in [-0.2, 0) is 9.53 Å². The van der Waals surface area contributed by atoms with Crippen molar-refractivity contribution in [3.63, 3.8) is 0 Å². The van der Waals surface area contributed by atoms with Gasteiger partial charge in [0.05, 0.1) is 12.1 Å². The monoisotopic (exact) mass is 292 g/mol. The zero-order chi connectivity index (χ0) is 11.4. The molecule has 0 saturated heterocycles. The summed E-state index contributed by atoms with van der Waals surface area (Å²) in [4.78, 5) is 11.1. The van der Waals surface area contributed by atoms with Gasteiger partial charge in [0.15, 0.2) is 6.10 Å². The van der Waals surface area contributed by atoms with Gasteiger partial charge in [-0.05, 0) is 25.1 Å². The fraction of sp³-hybridized carbons (Fsp3) is 0.300. The first-order chi connectivity index (χ1) is 7.04. The standard InChI is InChI=1S/C10H10BrClO3/c1-6(10(13)14-2)15-9-5-7(11)3-4-8(9)12/h3-6H,1-2H3. The van der Waals surface area contributed by atoms with Crippen molar-refractivity contribution < 1.29 is 14.3 Å². The van der Waals surface area contributed by atoms with E-state index in [1.165, 1.54) is 7.11 Å². The lowest BCUT2D eigenvalue weighted by atomic mass is 10.3. The number of esters is 1. The molecule has 1 atom stereocenters. The fourth-order valence-corrected chi connectivity index (χ4v) is 1.47. The molecule has 3 nitrogen and oxygen atoms in total. The van der Waals surface area contributed by atoms with Crippen molar-refractivity contribution in [2.75, 3.05) is 7.11 Å². The number of ether oxygens (including phenoxy) is 2. The van der Waals surface area contributed by atoms with E-state index in [4.69, 9.17) is 16.3 Å². The molecule has 0 heterocycles. The van der Waals surface area contributed by atoms with Crippen molar-refractivity contribution in [2.24, 2.45) is 0 Å². The second-order valence-electron chi connectivity index (χ2n) is 2.86. The van der Waals surface area contributed by atoms with Gasteiger partial charge in [-0.15, -0.1) is 0 Å². The Morgan fingerprint density at radius 3 is 2.80 bits per heavy atom. The van der Waals surface area contributed by atoms with Gasteiger partial charge in [-0.2, -0.15) is 0 Å². The van der Waals surface area contributed by atoms with E-state index in [0.29, 0.717) is 10.8 Å². The molecule has 0 N–H and O–H groups in total. The smallest absolute Gasteiger partial charge is 0.346 e. The first-order valence-corrected chi connectivity index (χ1v) is 5.41. The molecule has 0 fully saturated rings. The van der Waals surface area contributed by atoms with E-state index in [-0.39, 0.29) is 0 Å². The molecule has 1 aromatic rings. The summed E-state index contributed by atoms with van der Waals surface area (Å²) in [6.45, 7) is 1.60. The Hall–Kier alpha value is -0.740. The number of carbonyl (C=O) groups excluding carboxylic acids is 1. The topological polar surface area (TPSA) is 35.5 Å². The number of methoxy groups -OCH3 is 1. The lowest BCUT2D eigenvalue weighted by Gasteiger charge is -2.13. The highest BCUT2D eigenvalue weighted by atomic mass is 79.9. The SMILES string of the molecule is COC(=O)C(C)Oc1cc(Br)ccc1Cl. The number of hydrogen-bond acceptors (Lipinski definition) is 3. The number of benzene rings is 1. The third kappa shape index (κ3) is 3.39. The molecule has 82 valence electrons. The van der Waals surface area contributed by atoms with Gasteiger partial charge in [0.2, 0.25) is 0 Å². The van der Waals surface area contributed by atoms with E-state index >= 15 is 0 Å². The summed E-state index contributed by atoms with van der Waals surface area (Å²) in [5.74, 6) is 0.00924. The van der Waals surface area contributed by atoms with Gasteiger partial charge in [-0.3, -0.25) is 0 Å². The van der Waals surface area contributed by atoms with Crippen LogP contribution < -0.4 is 4.74 Å². The van der Waals surface area contributed by atoms with Crippen molar-refractivity contribution >= 4 is 33.5 Å². The van der Waals surface area contributed by atoms with Crippen LogP contribution in [0.3, 0.4) is 0 Å². The van der Waals surface area contributed by atoms with Crippen LogP contribution in [0.25, 0.3) is 0 Å². The molecule has 0 saturated carbocycles. The van der Waals surface area contributed by atoms with Crippen molar-refractivity contribution in [3.05, 3.63) is 27.7 Å². The molecule has 0 spiro atoms. The van der Waals surface area contributed by atoms with Gasteiger partial charge in [-0.25, -0.2) is 4.79 Å². The van der Waals surface area contributed by atoms with Crippen LogP contribution in [-0.4, -0.2) is 19.2 Å². The number of rotatable bonds is 3. The van der Waals surface area contributed by atoms with E-state index in [2.05, 4.69) is 20.7 Å². The molecule has 5 heteroatoms. The summed E-state index contributed by atoms with van der Waals surface area (Å²) in [5.41, 5.74) is 0. The van der Waals surface area contributed by atoms with E-state index in [0.717, 1.165) is 4.47 Å². The third-order valence-electron chi connectivity index (χ3n) is 1.73. The van der Waals surface area contributed by atoms with Gasteiger partial charge in [0.25, 0.3) is 0 Å². The van der Waals surface area contributed by atoms with Crippen molar-refractivity contribution in [2.45, 2.75) is 13.0 Å². The van der Waals surface area contributed by atoms with Crippen LogP contribution >= 0.6 is 27.5 Å². The van der Waals surface area contributed by atoms with E-state index < -0.39 is 12.1 Å². The zero-order valence-corrected chi connectivity index (χ0v) is 10.6. The molecule has 0 aliphatic carbocycles. The van der Waals surface area contributed by atoms with E-state index in [1.807, 2.05) is 0 Å². The van der Waals surface area contributed by atoms with E-state index in [9.17, 15) is 4.79 Å². The highest BCUT2D eigenvalue weighted by molar-refractivity contribution is 9.10. The molecule has 1 unspecified atom stereocenters. The van der Waals surface area contributed by atoms with Crippen molar-refractivity contribution in [1.82, 2.24) is 0 Å². The van der Waals surface area contributed by atoms with Gasteiger partial charge in [-0.1, -0.05) is 27.5 Å². The highest BCUT2D eigenvalue weighted by Crippen LogP contribution is 2.28. The molecule has 0 radical (unpaired) electrons. The second kappa shape index (κ2) is 5.37. The Labute approximate surface area is 101 Å². The molecular formula is C10H10BrClO3. The molecule has 0 aliphatic rings. The minimum Gasteiger partial charge on any atom is -0.477 e. The Morgan fingerprint density at radius 1 is 1.53 bits per heavy atom. The predicted octanol–water partition coefficient (Wildman–Crippen LogP) is 3.04. The van der Waals surface area contributed by atoms with Crippen molar-refractivity contribution in [3.8, 4) is 5.75 Å². The largest absolute Gasteiger partial charge is 0.477 e. The molecule has 0 aliphatic heterocycles. The molecule has 0 aromatic heterocycles. The van der Waals surface area contributed by atoms with E-state index in [1.54, 1.807) is 25.1 Å². The quantitative estimate of drug-likeness (QED) is 0.804. The average Bonchev–Trinajstić information content (AvgIpc) is 2.22. The first kappa shape index (κ1) is 12.3. The van der Waals surface area contributed by atoms with Crippen LogP contribution in [0.1, 0.15) is 6.92 Å². The maximum absolute atomic E-state index is 11.1. The summed E-state index contributed by atoms with van der Waals surface area (Å²) in [6.07, 6.45) is -0.679. The number of hydrogen-bond donors (Lipinski definition) is 0. The van der Waals surface area contributed by atoms with Crippen LogP contribution in [0.5, 0.6) is 5.75 Å². The zero-order valence-electron chi connectivity index (χ0n) is 8.29. The number of halogens is 2. The summed E-state index contributed by atoms with van der Waals surface area (Å²) in [7, 11) is 1.31. The summed E-state index contributed by atoms with van der Waals surface area (Å²) >= 11 is 9.18. The molecular weight excluding hydrogens is 283 g/mol. The molecule has 1 rings (SSSR count). The summed E-state index contributed by atoms with van der Waals surface area (Å²) in [6, 6.07) is 5.17. The Bertz CT molecular complexity index is 368. The van der Waals surface area contributed by atoms with Gasteiger partial charge >= 0.3 is 5.97 Å². The molecule has 0 amide bonds. The van der Waals surface area contributed by atoms with Gasteiger partial charge in [0.1, 0.15) is 5.75 Å². The van der Waals surface area contributed by atoms with Crippen LogP contribution in [0.15, 0.2) is 22.7 Å². The van der Waals surface area contributed by atoms with Crippen LogP contribution in [0, 0.1) is 0 Å². The van der Waals surface area contributed by atoms with Crippen LogP contribution in [0.2, 0.25) is 5.02 Å². The predicted molar refractivity (Wildman–Crippen MR) is 61.3 cm³/mol. The fourth-order valence-electron chi connectivity index (χ4n) is 0.972. The minimum absolute atomic E-state index is 0.439. The Balaban J connectivity index is 2.80. The molecule has 15 heavy (non-hydrogen) atoms. The van der Waals surface area contributed by atoms with Gasteiger partial charge < -0.3 is 9.47 Å². The maximum Gasteiger partial charge on any atom is 0.346 e. The third-order valence-corrected chi connectivity index (χ3v) is 2.54. The van der Waals surface area contributed by atoms with Gasteiger partial charge in [0, 0.05) is 4.47 Å². The van der Waals surface area contributed by atoms with Crippen LogP contribution in [0.4, 0.5) is 0 Å². The summed E-state index contributed by atoms with van der Waals surface area (Å²) < 4.78 is 10.7. The Morgan fingerprint density at radius 2 is 2.20 bits per heavy atom. The minimum atomic E-state index is -0.679. The highest BCUT2D eigenvalue weighted by Gasteiger charge is 2.16. The summed E-state index contributed by atoms with van der Waals surface area (Å²) in [5, 5.41) is 0.453. The molecule has 1 aromatic carbocycles. The number of carbonyl (C=O) groups is 1. The van der Waals surface area contributed by atoms with Crippen molar-refractivity contribution in [1.29, 1.82) is 0 Å². The normalized spacial score (nSPS) is 12.0. The first-order valence-electron chi connectivity index (χ1n) is 4.24. The maximum atomic E-state index is 11.1. The average molecular weight is 294 g/mol. The second-order valence-corrected chi connectivity index (χ2v) is 4.18.